The van der Waals surface area contributed by atoms with Gasteiger partial charge < -0.3 is 20.5 Å². The van der Waals surface area contributed by atoms with Crippen LogP contribution in [-0.4, -0.2) is 29.6 Å². The fourth-order valence-electron chi connectivity index (χ4n) is 2.41. The maximum absolute atomic E-state index is 14.7. The topological polar surface area (TPSA) is 87.7 Å². The van der Waals surface area contributed by atoms with Gasteiger partial charge in [0.15, 0.2) is 5.82 Å². The molecule has 0 saturated carbocycles. The van der Waals surface area contributed by atoms with Crippen molar-refractivity contribution in [3.8, 4) is 5.75 Å². The molecule has 0 aliphatic carbocycles. The minimum absolute atomic E-state index is 0.0103. The normalized spacial score (nSPS) is 11.6. The Bertz CT molecular complexity index is 885. The van der Waals surface area contributed by atoms with Crippen LogP contribution in [0, 0.1) is 5.82 Å². The van der Waals surface area contributed by atoms with E-state index in [1.54, 1.807) is 18.2 Å². The van der Waals surface area contributed by atoms with Crippen LogP contribution in [0.25, 0.3) is 0 Å². The highest BCUT2D eigenvalue weighted by atomic mass is 79.9. The number of carboxylic acid groups (broad SMARTS) is 1. The largest absolute Gasteiger partial charge is 0.486 e. The Hall–Kier alpha value is -2.13. The number of hydrogen-bond donors (Lipinski definition) is 3. The van der Waals surface area contributed by atoms with E-state index in [0.717, 1.165) is 6.42 Å². The molecule has 0 aliphatic heterocycles. The third kappa shape index (κ3) is 6.43. The predicted molar refractivity (Wildman–Crippen MR) is 116 cm³/mol. The lowest BCUT2D eigenvalue weighted by molar-refractivity contribution is -0.135. The van der Waals surface area contributed by atoms with Gasteiger partial charge in [0, 0.05) is 17.2 Å². The van der Waals surface area contributed by atoms with E-state index >= 15 is 0 Å². The van der Waals surface area contributed by atoms with Crippen LogP contribution in [0.5, 0.6) is 5.75 Å². The maximum atomic E-state index is 14.7. The lowest BCUT2D eigenvalue weighted by atomic mass is 10.1. The second-order valence-corrected chi connectivity index (χ2v) is 8.08. The third-order valence-corrected chi connectivity index (χ3v) is 5.30. The van der Waals surface area contributed by atoms with Gasteiger partial charge in [0.1, 0.15) is 18.9 Å². The van der Waals surface area contributed by atoms with E-state index in [-0.39, 0.29) is 24.0 Å². The van der Waals surface area contributed by atoms with Gasteiger partial charge in [-0.2, -0.15) is 0 Å². The lowest BCUT2D eigenvalue weighted by Gasteiger charge is -2.16. The summed E-state index contributed by atoms with van der Waals surface area (Å²) in [7, 11) is 0. The van der Waals surface area contributed by atoms with Gasteiger partial charge in [0.25, 0.3) is 5.91 Å². The second kappa shape index (κ2) is 10.6. The third-order valence-electron chi connectivity index (χ3n) is 4.13. The van der Waals surface area contributed by atoms with Crippen LogP contribution in [0.1, 0.15) is 36.2 Å². The summed E-state index contributed by atoms with van der Waals surface area (Å²) in [4.78, 5) is 22.6. The van der Waals surface area contributed by atoms with Crippen molar-refractivity contribution in [2.75, 3.05) is 11.9 Å². The standard InChI is InChI=1S/C20H21Br2FN2O4/c1-3-11(2)25-16-6-4-5-12(18(16)23)10-29-19-14(21)7-13(8-15(19)22)20(28)24-9-17(26)27/h4-8,11,25H,3,9-10H2,1-2H3,(H,24,28)(H,26,27). The zero-order valence-electron chi connectivity index (χ0n) is 15.9. The minimum atomic E-state index is -1.14. The molecule has 2 rings (SSSR count). The summed E-state index contributed by atoms with van der Waals surface area (Å²) in [5, 5.41) is 14.1. The van der Waals surface area contributed by atoms with Crippen LogP contribution in [0.4, 0.5) is 10.1 Å². The molecule has 29 heavy (non-hydrogen) atoms. The van der Waals surface area contributed by atoms with Crippen molar-refractivity contribution < 1.29 is 23.8 Å². The van der Waals surface area contributed by atoms with Crippen molar-refractivity contribution >= 4 is 49.4 Å². The number of rotatable bonds is 9. The molecule has 156 valence electrons. The van der Waals surface area contributed by atoms with Gasteiger partial charge in [0.05, 0.1) is 14.6 Å². The predicted octanol–water partition coefficient (Wildman–Crippen LogP) is 4.95. The average Bonchev–Trinajstić information content (AvgIpc) is 2.67. The molecule has 0 bridgehead atoms. The molecule has 1 unspecified atom stereocenters. The van der Waals surface area contributed by atoms with Crippen LogP contribution < -0.4 is 15.4 Å². The highest BCUT2D eigenvalue weighted by Gasteiger charge is 2.16. The maximum Gasteiger partial charge on any atom is 0.322 e. The molecule has 6 nitrogen and oxygen atoms in total. The van der Waals surface area contributed by atoms with Crippen LogP contribution in [0.2, 0.25) is 0 Å². The van der Waals surface area contributed by atoms with Gasteiger partial charge in [0.2, 0.25) is 0 Å². The summed E-state index contributed by atoms with van der Waals surface area (Å²) in [6.45, 7) is 3.50. The van der Waals surface area contributed by atoms with Gasteiger partial charge in [-0.3, -0.25) is 9.59 Å². The van der Waals surface area contributed by atoms with Crippen LogP contribution >= 0.6 is 31.9 Å². The van der Waals surface area contributed by atoms with Gasteiger partial charge >= 0.3 is 5.97 Å². The first-order valence-corrected chi connectivity index (χ1v) is 10.5. The fraction of sp³-hybridized carbons (Fsp3) is 0.300. The fourth-order valence-corrected chi connectivity index (χ4v) is 3.82. The molecule has 0 fully saturated rings. The zero-order chi connectivity index (χ0) is 21.6. The zero-order valence-corrected chi connectivity index (χ0v) is 19.1. The van der Waals surface area contributed by atoms with E-state index in [9.17, 15) is 14.0 Å². The number of carbonyl (C=O) groups is 2. The number of hydrogen-bond acceptors (Lipinski definition) is 4. The highest BCUT2D eigenvalue weighted by molar-refractivity contribution is 9.11. The second-order valence-electron chi connectivity index (χ2n) is 6.37. The number of amides is 1. The van der Waals surface area contributed by atoms with E-state index in [2.05, 4.69) is 42.5 Å². The van der Waals surface area contributed by atoms with Gasteiger partial charge in [-0.15, -0.1) is 0 Å². The molecule has 1 amide bonds. The Morgan fingerprint density at radius 3 is 2.48 bits per heavy atom. The summed E-state index contributed by atoms with van der Waals surface area (Å²) >= 11 is 6.68. The Morgan fingerprint density at radius 1 is 1.24 bits per heavy atom. The Balaban J connectivity index is 2.14. The summed E-state index contributed by atoms with van der Waals surface area (Å²) in [5.41, 5.74) is 1.06. The molecule has 0 radical (unpaired) electrons. The number of ether oxygens (including phenoxy) is 1. The summed E-state index contributed by atoms with van der Waals surface area (Å²) < 4.78 is 21.4. The van der Waals surface area contributed by atoms with Crippen LogP contribution in [-0.2, 0) is 11.4 Å². The average molecular weight is 532 g/mol. The molecule has 2 aromatic rings. The molecule has 2 aromatic carbocycles. The number of aliphatic carboxylic acids is 1. The number of anilines is 1. The molecule has 0 spiro atoms. The molecular weight excluding hydrogens is 511 g/mol. The van der Waals surface area contributed by atoms with E-state index in [0.29, 0.717) is 25.9 Å². The van der Waals surface area contributed by atoms with Crippen molar-refractivity contribution in [1.29, 1.82) is 0 Å². The van der Waals surface area contributed by atoms with Crippen molar-refractivity contribution in [2.24, 2.45) is 0 Å². The quantitative estimate of drug-likeness (QED) is 0.426. The van der Waals surface area contributed by atoms with Crippen molar-refractivity contribution in [1.82, 2.24) is 5.32 Å². The van der Waals surface area contributed by atoms with Gasteiger partial charge in [-0.1, -0.05) is 19.1 Å². The summed E-state index contributed by atoms with van der Waals surface area (Å²) in [6.07, 6.45) is 0.868. The van der Waals surface area contributed by atoms with Gasteiger partial charge in [-0.05, 0) is 63.4 Å². The van der Waals surface area contributed by atoms with Gasteiger partial charge in [-0.25, -0.2) is 4.39 Å². The molecule has 3 N–H and O–H groups in total. The number of carbonyl (C=O) groups excluding carboxylic acids is 1. The van der Waals surface area contributed by atoms with Crippen molar-refractivity contribution in [3.05, 3.63) is 56.2 Å². The smallest absolute Gasteiger partial charge is 0.322 e. The number of carboxylic acids is 1. The number of benzene rings is 2. The molecular formula is C20H21Br2FN2O4. The molecule has 9 heteroatoms. The van der Waals surface area contributed by atoms with E-state index in [4.69, 9.17) is 9.84 Å². The highest BCUT2D eigenvalue weighted by Crippen LogP contribution is 2.35. The first-order valence-electron chi connectivity index (χ1n) is 8.88. The summed E-state index contributed by atoms with van der Waals surface area (Å²) in [6, 6.07) is 8.24. The Labute approximate surface area is 185 Å². The van der Waals surface area contributed by atoms with E-state index in [1.807, 2.05) is 13.8 Å². The lowest BCUT2D eigenvalue weighted by Crippen LogP contribution is -2.29. The SMILES string of the molecule is CCC(C)Nc1cccc(COc2c(Br)cc(C(=O)NCC(=O)O)cc2Br)c1F. The molecule has 1 atom stereocenters. The Kier molecular flexibility index (Phi) is 8.45. The molecule has 0 aromatic heterocycles. The van der Waals surface area contributed by atoms with E-state index < -0.39 is 18.4 Å². The molecule has 0 heterocycles. The first-order chi connectivity index (χ1) is 13.7. The first kappa shape index (κ1) is 23.2. The van der Waals surface area contributed by atoms with Crippen LogP contribution in [0.15, 0.2) is 39.3 Å². The van der Waals surface area contributed by atoms with E-state index in [1.165, 1.54) is 12.1 Å². The van der Waals surface area contributed by atoms with Crippen molar-refractivity contribution in [3.63, 3.8) is 0 Å². The Morgan fingerprint density at radius 2 is 1.90 bits per heavy atom. The minimum Gasteiger partial charge on any atom is -0.486 e. The number of nitrogens with one attached hydrogen (secondary N) is 2. The molecule has 0 aliphatic rings. The summed E-state index contributed by atoms with van der Waals surface area (Å²) in [5.74, 6) is -1.64. The number of halogens is 3. The monoisotopic (exact) mass is 530 g/mol. The molecule has 0 saturated heterocycles. The van der Waals surface area contributed by atoms with Crippen LogP contribution in [0.3, 0.4) is 0 Å². The van der Waals surface area contributed by atoms with Crippen molar-refractivity contribution in [2.45, 2.75) is 32.9 Å².